The summed E-state index contributed by atoms with van der Waals surface area (Å²) < 4.78 is 61.6. The third-order valence-electron chi connectivity index (χ3n) is 11.3. The number of rotatable bonds is 19. The molecule has 2 N–H and O–H groups in total. The number of nitrogens with zero attached hydrogens (tertiary/aromatic N) is 3. The molecule has 0 spiro atoms. The lowest BCUT2D eigenvalue weighted by Crippen LogP contribution is -2.51. The Kier molecular flexibility index (Phi) is 15.7. The van der Waals surface area contributed by atoms with Gasteiger partial charge in [0.25, 0.3) is 17.7 Å². The third kappa shape index (κ3) is 12.3. The lowest BCUT2D eigenvalue weighted by atomic mass is 9.81. The second-order valence-electron chi connectivity index (χ2n) is 15.7. The van der Waals surface area contributed by atoms with Crippen molar-refractivity contribution in [3.05, 3.63) is 107 Å². The fourth-order valence-electron chi connectivity index (χ4n) is 7.68. The highest BCUT2D eigenvalue weighted by Gasteiger charge is 2.44. The molecule has 1 aliphatic carbocycles. The molecule has 14 nitrogen and oxygen atoms in total. The number of ether oxygens (including phenoxy) is 4. The van der Waals surface area contributed by atoms with E-state index in [1.54, 1.807) is 30.2 Å². The number of nitrogens with one attached hydrogen (secondary N) is 2. The Morgan fingerprint density at radius 3 is 2.38 bits per heavy atom. The van der Waals surface area contributed by atoms with Crippen LogP contribution >= 0.6 is 0 Å². The predicted molar refractivity (Wildman–Crippen MR) is 225 cm³/mol. The summed E-state index contributed by atoms with van der Waals surface area (Å²) in [6.07, 6.45) is 2.95. The average Bonchev–Trinajstić information content (AvgIpc) is 3.51. The van der Waals surface area contributed by atoms with Gasteiger partial charge in [-0.05, 0) is 79.8 Å². The van der Waals surface area contributed by atoms with Gasteiger partial charge in [0.1, 0.15) is 29.8 Å². The minimum Gasteiger partial charge on any atom is -0.495 e. The lowest BCUT2D eigenvalue weighted by molar-refractivity contribution is -0.183. The van der Waals surface area contributed by atoms with Gasteiger partial charge in [0, 0.05) is 31.4 Å². The first-order valence-corrected chi connectivity index (χ1v) is 20.9. The number of imide groups is 1. The molecular weight excluding hydrogens is 824 g/mol. The molecule has 1 saturated carbocycles. The van der Waals surface area contributed by atoms with Crippen LogP contribution in [-0.4, -0.2) is 110 Å². The fraction of sp³-hybridized carbons (Fsp3) is 0.435. The zero-order valence-electron chi connectivity index (χ0n) is 35.3. The highest BCUT2D eigenvalue weighted by molar-refractivity contribution is 6.23. The molecule has 63 heavy (non-hydrogen) atoms. The normalized spacial score (nSPS) is 18.9. The molecule has 3 aliphatic rings. The number of carbonyl (C=O) groups is 5. The number of alkyl halides is 3. The van der Waals surface area contributed by atoms with Gasteiger partial charge in [-0.15, -0.1) is 0 Å². The van der Waals surface area contributed by atoms with Crippen molar-refractivity contribution in [2.75, 3.05) is 53.7 Å². The number of fused-ring (bicyclic) bond motifs is 1. The Morgan fingerprint density at radius 1 is 0.937 bits per heavy atom. The lowest BCUT2D eigenvalue weighted by Gasteiger charge is -2.29. The van der Waals surface area contributed by atoms with Crippen molar-refractivity contribution in [2.24, 2.45) is 11.8 Å². The second-order valence-corrected chi connectivity index (χ2v) is 15.7. The van der Waals surface area contributed by atoms with E-state index >= 15 is 0 Å². The van der Waals surface area contributed by atoms with Crippen LogP contribution in [0.1, 0.15) is 86.4 Å². The number of piperidine rings is 1. The molecule has 0 radical (unpaired) electrons. The summed E-state index contributed by atoms with van der Waals surface area (Å²) in [4.78, 5) is 71.3. The van der Waals surface area contributed by atoms with Gasteiger partial charge in [-0.2, -0.15) is 13.2 Å². The van der Waals surface area contributed by atoms with Gasteiger partial charge in [-0.3, -0.25) is 28.9 Å². The maximum Gasteiger partial charge on any atom is 0.391 e. The molecule has 2 fully saturated rings. The molecule has 5 amide bonds. The molecule has 336 valence electrons. The van der Waals surface area contributed by atoms with Crippen LogP contribution in [0.3, 0.4) is 0 Å². The summed E-state index contributed by atoms with van der Waals surface area (Å²) in [5.41, 5.74) is 3.28. The summed E-state index contributed by atoms with van der Waals surface area (Å²) in [6, 6.07) is 12.7. The van der Waals surface area contributed by atoms with Crippen LogP contribution in [0.4, 0.5) is 13.2 Å². The van der Waals surface area contributed by atoms with E-state index in [0.29, 0.717) is 68.2 Å². The van der Waals surface area contributed by atoms with Crippen LogP contribution in [0.15, 0.2) is 73.1 Å². The Morgan fingerprint density at radius 2 is 1.65 bits per heavy atom. The van der Waals surface area contributed by atoms with Crippen molar-refractivity contribution in [1.82, 2.24) is 25.4 Å². The average molecular weight is 876 g/mol. The zero-order chi connectivity index (χ0) is 45.1. The number of allylic oxidation sites excluding steroid dienone is 2. The molecule has 1 saturated heterocycles. The van der Waals surface area contributed by atoms with Gasteiger partial charge in [-0.1, -0.05) is 43.0 Å². The van der Waals surface area contributed by atoms with Crippen molar-refractivity contribution in [2.45, 2.75) is 63.7 Å². The van der Waals surface area contributed by atoms with E-state index in [2.05, 4.69) is 22.2 Å². The minimum atomic E-state index is -4.16. The molecule has 17 heteroatoms. The van der Waals surface area contributed by atoms with Crippen LogP contribution in [0.5, 0.6) is 11.5 Å². The van der Waals surface area contributed by atoms with Gasteiger partial charge in [0.2, 0.25) is 11.8 Å². The van der Waals surface area contributed by atoms with Gasteiger partial charge in [-0.25, -0.2) is 4.98 Å². The molecule has 3 heterocycles. The van der Waals surface area contributed by atoms with Crippen molar-refractivity contribution >= 4 is 35.6 Å². The standard InChI is InChI=1S/C46H52F3N5O9/c1-29-7-16-39(43(57)52-29)54-44(58)36-15-14-35(26-37(36)45(54)59)63-22-21-62-20-19-61-18-17-53(2)41(55)24-31-5-4-6-32(23-31)27-51-42(56)38-25-33(40(60-3)28-50-38)11-8-30-9-12-34(13-10-30)46(47,48)49/h4-6,8,11,14-15,23,25-26,28,30,34,39H,1,7,9-10,12-13,16-22,24,27H2,2-3H3,(H,51,56)(H,52,57)/b11-8+/t30-,34-,39?. The maximum atomic E-state index is 13.1. The van der Waals surface area contributed by atoms with Crippen LogP contribution < -0.4 is 20.1 Å². The number of benzene rings is 2. The zero-order valence-corrected chi connectivity index (χ0v) is 35.3. The SMILES string of the molecule is C=C1CCC(N2C(=O)c3ccc(OCCOCCOCCN(C)C(=O)Cc4cccc(CNC(=O)c5cc(/C=C/[C@H]6CC[C@H](C(F)(F)F)CC6)c(OC)cn5)c4)cc3C2=O)C(=O)N1. The number of hydrogen-bond acceptors (Lipinski definition) is 10. The summed E-state index contributed by atoms with van der Waals surface area (Å²) in [7, 11) is 3.17. The van der Waals surface area contributed by atoms with E-state index < -0.39 is 41.8 Å². The number of pyridine rings is 1. The Hall–Kier alpha value is -6.07. The monoisotopic (exact) mass is 875 g/mol. The summed E-state index contributed by atoms with van der Waals surface area (Å²) in [6.45, 7) is 5.60. The van der Waals surface area contributed by atoms with E-state index in [1.165, 1.54) is 25.4 Å². The smallest absolute Gasteiger partial charge is 0.391 e. The van der Waals surface area contributed by atoms with Gasteiger partial charge in [0.05, 0.1) is 63.2 Å². The number of aromatic nitrogens is 1. The molecule has 6 rings (SSSR count). The molecule has 3 aromatic rings. The quantitative estimate of drug-likeness (QED) is 0.109. The summed E-state index contributed by atoms with van der Waals surface area (Å²) in [5.74, 6) is -2.43. The number of carbonyl (C=O) groups excluding carboxylic acids is 5. The number of halogens is 3. The van der Waals surface area contributed by atoms with Crippen LogP contribution in [0.2, 0.25) is 0 Å². The molecule has 2 aliphatic heterocycles. The topological polar surface area (TPSA) is 166 Å². The second kappa shape index (κ2) is 21.3. The van der Waals surface area contributed by atoms with Crippen LogP contribution in [0.25, 0.3) is 6.08 Å². The summed E-state index contributed by atoms with van der Waals surface area (Å²) >= 11 is 0. The van der Waals surface area contributed by atoms with E-state index in [-0.39, 0.29) is 74.3 Å². The van der Waals surface area contributed by atoms with Crippen molar-refractivity contribution in [3.63, 3.8) is 0 Å². The summed E-state index contributed by atoms with van der Waals surface area (Å²) in [5, 5.41) is 5.47. The molecule has 1 unspecified atom stereocenters. The number of amides is 5. The van der Waals surface area contributed by atoms with E-state index in [0.717, 1.165) is 16.0 Å². The number of methoxy groups -OCH3 is 1. The Labute approximate surface area is 363 Å². The Balaban J connectivity index is 0.853. The fourth-order valence-corrected chi connectivity index (χ4v) is 7.68. The van der Waals surface area contributed by atoms with Gasteiger partial charge >= 0.3 is 6.18 Å². The molecular formula is C46H52F3N5O9. The van der Waals surface area contributed by atoms with Crippen LogP contribution in [-0.2, 0) is 32.0 Å². The maximum absolute atomic E-state index is 13.1. The van der Waals surface area contributed by atoms with Gasteiger partial charge in [0.15, 0.2) is 0 Å². The third-order valence-corrected chi connectivity index (χ3v) is 11.3. The molecule has 1 aromatic heterocycles. The first-order valence-electron chi connectivity index (χ1n) is 20.9. The highest BCUT2D eigenvalue weighted by Crippen LogP contribution is 2.40. The molecule has 0 bridgehead atoms. The van der Waals surface area contributed by atoms with Crippen molar-refractivity contribution in [3.8, 4) is 11.5 Å². The molecule has 1 atom stereocenters. The van der Waals surface area contributed by atoms with E-state index in [4.69, 9.17) is 18.9 Å². The first-order chi connectivity index (χ1) is 30.2. The van der Waals surface area contributed by atoms with Crippen molar-refractivity contribution < 1.29 is 56.1 Å². The molecule has 2 aromatic carbocycles. The largest absolute Gasteiger partial charge is 0.495 e. The number of hydrogen-bond donors (Lipinski definition) is 2. The minimum absolute atomic E-state index is 0.00309. The van der Waals surface area contributed by atoms with E-state index in [1.807, 2.05) is 30.3 Å². The predicted octanol–water partition coefficient (Wildman–Crippen LogP) is 5.90. The van der Waals surface area contributed by atoms with Gasteiger partial charge < -0.3 is 34.5 Å². The van der Waals surface area contributed by atoms with Crippen molar-refractivity contribution in [1.29, 1.82) is 0 Å². The first kappa shape index (κ1) is 46.4. The van der Waals surface area contributed by atoms with E-state index in [9.17, 15) is 37.1 Å². The van der Waals surface area contributed by atoms with Crippen LogP contribution in [0, 0.1) is 11.8 Å². The highest BCUT2D eigenvalue weighted by atomic mass is 19.4. The Bertz CT molecular complexity index is 2210. The number of likely N-dealkylation sites (N-methyl/N-ethyl adjacent to an activating group) is 1.